The number of tetrazole rings is 1. The molecule has 0 radical (unpaired) electrons. The van der Waals surface area contributed by atoms with Gasteiger partial charge in [0, 0.05) is 17.6 Å². The van der Waals surface area contributed by atoms with Crippen molar-refractivity contribution in [1.82, 2.24) is 30.4 Å². The number of rotatable bonds is 4. The van der Waals surface area contributed by atoms with Crippen molar-refractivity contribution in [3.63, 3.8) is 0 Å². The number of aryl methyl sites for hydroxylation is 2. The van der Waals surface area contributed by atoms with Gasteiger partial charge in [-0.05, 0) is 43.3 Å². The van der Waals surface area contributed by atoms with Crippen LogP contribution in [-0.4, -0.2) is 30.4 Å². The quantitative estimate of drug-likeness (QED) is 0.707. The molecule has 8 nitrogen and oxygen atoms in total. The first-order valence-corrected chi connectivity index (χ1v) is 7.40. The largest absolute Gasteiger partial charge is 0.360 e. The Labute approximate surface area is 142 Å². The third-order valence-corrected chi connectivity index (χ3v) is 3.58. The molecule has 0 aliphatic rings. The second kappa shape index (κ2) is 6.52. The maximum Gasteiger partial charge on any atom is 0.216 e. The van der Waals surface area contributed by atoms with Gasteiger partial charge < -0.3 is 5.32 Å². The van der Waals surface area contributed by atoms with Gasteiger partial charge in [-0.15, -0.1) is 10.2 Å². The van der Waals surface area contributed by atoms with Gasteiger partial charge in [-0.1, -0.05) is 11.6 Å². The number of hydrogen-bond acceptors (Lipinski definition) is 6. The average Bonchev–Trinajstić information content (AvgIpc) is 3.18. The van der Waals surface area contributed by atoms with Gasteiger partial charge in [0.15, 0.2) is 0 Å². The summed E-state index contributed by atoms with van der Waals surface area (Å²) in [6.45, 7) is 3.90. The van der Waals surface area contributed by atoms with E-state index in [1.807, 2.05) is 38.1 Å². The van der Waals surface area contributed by atoms with Gasteiger partial charge in [0.2, 0.25) is 5.82 Å². The summed E-state index contributed by atoms with van der Waals surface area (Å²) in [7, 11) is 0. The third-order valence-electron chi connectivity index (χ3n) is 3.28. The van der Waals surface area contributed by atoms with E-state index in [0.717, 1.165) is 22.8 Å². The number of H-pyrrole nitrogens is 1. The zero-order chi connectivity index (χ0) is 17.1. The summed E-state index contributed by atoms with van der Waals surface area (Å²) in [6.07, 6.45) is 1.50. The first kappa shape index (κ1) is 15.7. The summed E-state index contributed by atoms with van der Waals surface area (Å²) in [5.41, 5.74) is 3.69. The van der Waals surface area contributed by atoms with Crippen LogP contribution in [0.25, 0.3) is 11.3 Å². The molecular weight excluding hydrogens is 328 g/mol. The molecule has 120 valence electrons. The van der Waals surface area contributed by atoms with Crippen LogP contribution in [0.5, 0.6) is 0 Å². The molecule has 0 fully saturated rings. The molecule has 0 bridgehead atoms. The van der Waals surface area contributed by atoms with Crippen LogP contribution < -0.4 is 5.32 Å². The molecule has 2 heterocycles. The first-order valence-electron chi connectivity index (χ1n) is 7.02. The molecule has 1 aromatic carbocycles. The SMILES string of the molecule is Cc1cc(C)n(-c2ccc(NC=C(C#N)c3nn[nH]n3)cc2Cl)n1. The lowest BCUT2D eigenvalue weighted by molar-refractivity contribution is 0.834. The van der Waals surface area contributed by atoms with Crippen molar-refractivity contribution >= 4 is 22.9 Å². The predicted molar refractivity (Wildman–Crippen MR) is 89.4 cm³/mol. The molecular formula is C15H13ClN8. The Morgan fingerprint density at radius 2 is 2.21 bits per heavy atom. The normalized spacial score (nSPS) is 11.3. The number of allylic oxidation sites excluding steroid dienone is 1. The van der Waals surface area contributed by atoms with Crippen molar-refractivity contribution in [2.24, 2.45) is 0 Å². The maximum atomic E-state index is 9.14. The van der Waals surface area contributed by atoms with Crippen molar-refractivity contribution in [3.8, 4) is 11.8 Å². The maximum absolute atomic E-state index is 9.14. The number of aromatic nitrogens is 6. The highest BCUT2D eigenvalue weighted by Gasteiger charge is 2.09. The predicted octanol–water partition coefficient (Wildman–Crippen LogP) is 2.63. The molecule has 0 aliphatic heterocycles. The monoisotopic (exact) mass is 340 g/mol. The minimum atomic E-state index is 0.218. The fourth-order valence-electron chi connectivity index (χ4n) is 2.22. The Morgan fingerprint density at radius 1 is 1.38 bits per heavy atom. The van der Waals surface area contributed by atoms with Gasteiger partial charge in [0.25, 0.3) is 0 Å². The van der Waals surface area contributed by atoms with Crippen molar-refractivity contribution in [2.75, 3.05) is 5.32 Å². The van der Waals surface area contributed by atoms with Gasteiger partial charge in [0.05, 0.1) is 16.4 Å². The highest BCUT2D eigenvalue weighted by atomic mass is 35.5. The second-order valence-electron chi connectivity index (χ2n) is 5.05. The lowest BCUT2D eigenvalue weighted by Gasteiger charge is -2.09. The molecule has 9 heteroatoms. The van der Waals surface area contributed by atoms with E-state index in [1.54, 1.807) is 10.7 Å². The summed E-state index contributed by atoms with van der Waals surface area (Å²) < 4.78 is 1.79. The minimum Gasteiger partial charge on any atom is -0.360 e. The van der Waals surface area contributed by atoms with Crippen LogP contribution in [0.1, 0.15) is 17.2 Å². The molecule has 3 aromatic rings. The van der Waals surface area contributed by atoms with E-state index < -0.39 is 0 Å². The van der Waals surface area contributed by atoms with Crippen molar-refractivity contribution in [2.45, 2.75) is 13.8 Å². The average molecular weight is 341 g/mol. The summed E-state index contributed by atoms with van der Waals surface area (Å²) >= 11 is 6.37. The van der Waals surface area contributed by atoms with Crippen LogP contribution in [0.3, 0.4) is 0 Å². The number of nitriles is 1. The Kier molecular flexibility index (Phi) is 4.26. The van der Waals surface area contributed by atoms with Crippen LogP contribution in [0.2, 0.25) is 5.02 Å². The fraction of sp³-hybridized carbons (Fsp3) is 0.133. The number of benzene rings is 1. The second-order valence-corrected chi connectivity index (χ2v) is 5.46. The molecule has 0 spiro atoms. The molecule has 24 heavy (non-hydrogen) atoms. The summed E-state index contributed by atoms with van der Waals surface area (Å²) in [4.78, 5) is 0. The Morgan fingerprint density at radius 3 is 2.79 bits per heavy atom. The highest BCUT2D eigenvalue weighted by Crippen LogP contribution is 2.25. The van der Waals surface area contributed by atoms with E-state index in [-0.39, 0.29) is 11.4 Å². The zero-order valence-electron chi connectivity index (χ0n) is 12.9. The number of anilines is 1. The summed E-state index contributed by atoms with van der Waals surface area (Å²) in [5, 5.41) is 30.4. The molecule has 3 rings (SSSR count). The van der Waals surface area contributed by atoms with Crippen molar-refractivity contribution in [3.05, 3.63) is 52.7 Å². The van der Waals surface area contributed by atoms with Gasteiger partial charge >= 0.3 is 0 Å². The van der Waals surface area contributed by atoms with Gasteiger partial charge in [-0.2, -0.15) is 15.6 Å². The fourth-order valence-corrected chi connectivity index (χ4v) is 2.48. The van der Waals surface area contributed by atoms with Crippen molar-refractivity contribution in [1.29, 1.82) is 5.26 Å². The van der Waals surface area contributed by atoms with Crippen LogP contribution in [0.4, 0.5) is 5.69 Å². The molecule has 0 amide bonds. The van der Waals surface area contributed by atoms with Crippen LogP contribution in [-0.2, 0) is 0 Å². The van der Waals surface area contributed by atoms with E-state index in [1.165, 1.54) is 6.20 Å². The van der Waals surface area contributed by atoms with Gasteiger partial charge in [-0.25, -0.2) is 4.68 Å². The highest BCUT2D eigenvalue weighted by molar-refractivity contribution is 6.32. The van der Waals surface area contributed by atoms with E-state index in [0.29, 0.717) is 5.02 Å². The summed E-state index contributed by atoms with van der Waals surface area (Å²) in [6, 6.07) is 9.45. The van der Waals surface area contributed by atoms with Crippen molar-refractivity contribution < 1.29 is 0 Å². The topological polar surface area (TPSA) is 108 Å². The van der Waals surface area contributed by atoms with Crippen LogP contribution in [0, 0.1) is 25.2 Å². The number of aromatic amines is 1. The van der Waals surface area contributed by atoms with E-state index in [9.17, 15) is 0 Å². The lowest BCUT2D eigenvalue weighted by Crippen LogP contribution is -2.00. The number of hydrogen-bond donors (Lipinski definition) is 2. The molecule has 0 atom stereocenters. The molecule has 2 aromatic heterocycles. The van der Waals surface area contributed by atoms with E-state index >= 15 is 0 Å². The smallest absolute Gasteiger partial charge is 0.216 e. The Bertz CT molecular complexity index is 933. The third kappa shape index (κ3) is 3.11. The van der Waals surface area contributed by atoms with Gasteiger partial charge in [-0.3, -0.25) is 0 Å². The van der Waals surface area contributed by atoms with E-state index in [2.05, 4.69) is 31.0 Å². The Balaban J connectivity index is 1.85. The molecule has 0 saturated carbocycles. The molecule has 0 unspecified atom stereocenters. The van der Waals surface area contributed by atoms with Crippen LogP contribution >= 0.6 is 11.6 Å². The zero-order valence-corrected chi connectivity index (χ0v) is 13.7. The number of halogens is 1. The Hall–Kier alpha value is -3.18. The number of nitrogens with zero attached hydrogens (tertiary/aromatic N) is 6. The first-order chi connectivity index (χ1) is 11.6. The number of nitrogens with one attached hydrogen (secondary N) is 2. The van der Waals surface area contributed by atoms with Crippen LogP contribution in [0.15, 0.2) is 30.5 Å². The minimum absolute atomic E-state index is 0.218. The van der Waals surface area contributed by atoms with Gasteiger partial charge in [0.1, 0.15) is 11.6 Å². The molecule has 0 aliphatic carbocycles. The molecule has 0 saturated heterocycles. The standard InChI is InChI=1S/C15H13ClN8/c1-9-5-10(2)24(21-9)14-4-3-12(6-13(14)16)18-8-11(7-17)15-19-22-23-20-15/h3-6,8,18H,1-2H3,(H,19,20,22,23). The van der Waals surface area contributed by atoms with E-state index in [4.69, 9.17) is 16.9 Å². The summed E-state index contributed by atoms with van der Waals surface area (Å²) in [5.74, 6) is 0.218. The lowest BCUT2D eigenvalue weighted by atomic mass is 10.2. The molecule has 2 N–H and O–H groups in total.